The molecule has 0 radical (unpaired) electrons. The number of rotatable bonds is 7. The van der Waals surface area contributed by atoms with Crippen LogP contribution >= 0.6 is 0 Å². The van der Waals surface area contributed by atoms with E-state index >= 15 is 0 Å². The molecule has 0 aliphatic heterocycles. The van der Waals surface area contributed by atoms with Crippen molar-refractivity contribution in [3.63, 3.8) is 0 Å². The fourth-order valence-corrected chi connectivity index (χ4v) is 1.85. The van der Waals surface area contributed by atoms with Crippen LogP contribution in [0, 0.1) is 12.8 Å². The first-order valence-electron chi connectivity index (χ1n) is 6.58. The number of hydrogen-bond acceptors (Lipinski definition) is 5. The number of Topliss-reactive ketones (excluding diaryl/α,β-unsaturated/α-hetero) is 2. The summed E-state index contributed by atoms with van der Waals surface area (Å²) in [6.45, 7) is 5.09. The molecular formula is C15H19NO4. The summed E-state index contributed by atoms with van der Waals surface area (Å²) in [5, 5.41) is 0. The summed E-state index contributed by atoms with van der Waals surface area (Å²) < 4.78 is 4.92. The Morgan fingerprint density at radius 2 is 2.05 bits per heavy atom. The second-order valence-corrected chi connectivity index (χ2v) is 4.60. The van der Waals surface area contributed by atoms with Crippen molar-refractivity contribution in [2.45, 2.75) is 33.6 Å². The van der Waals surface area contributed by atoms with Gasteiger partial charge in [-0.2, -0.15) is 0 Å². The first-order chi connectivity index (χ1) is 9.45. The van der Waals surface area contributed by atoms with Gasteiger partial charge in [-0.3, -0.25) is 14.6 Å². The summed E-state index contributed by atoms with van der Waals surface area (Å²) in [4.78, 5) is 39.4. The molecule has 0 bridgehead atoms. The van der Waals surface area contributed by atoms with Crippen molar-refractivity contribution in [3.8, 4) is 0 Å². The lowest BCUT2D eigenvalue weighted by Crippen LogP contribution is -2.27. The standard InChI is InChI=1S/C15H19NO4/c1-4-20-15(19)13(6-5-11(3)17)14(18)12-7-8-16-10(2)9-12/h7-9,13H,4-6H2,1-3H3. The van der Waals surface area contributed by atoms with Crippen LogP contribution in [0.5, 0.6) is 0 Å². The SMILES string of the molecule is CCOC(=O)C(CCC(C)=O)C(=O)c1ccnc(C)c1. The molecule has 20 heavy (non-hydrogen) atoms. The van der Waals surface area contributed by atoms with Gasteiger partial charge in [0, 0.05) is 23.9 Å². The van der Waals surface area contributed by atoms with E-state index in [0.717, 1.165) is 0 Å². The molecule has 0 amide bonds. The van der Waals surface area contributed by atoms with Crippen molar-refractivity contribution in [2.24, 2.45) is 5.92 Å². The predicted molar refractivity (Wildman–Crippen MR) is 73.3 cm³/mol. The first-order valence-corrected chi connectivity index (χ1v) is 6.58. The molecule has 1 heterocycles. The predicted octanol–water partition coefficient (Wildman–Crippen LogP) is 2.12. The van der Waals surface area contributed by atoms with Crippen molar-refractivity contribution in [3.05, 3.63) is 29.6 Å². The monoisotopic (exact) mass is 277 g/mol. The van der Waals surface area contributed by atoms with Gasteiger partial charge in [0.15, 0.2) is 5.78 Å². The molecule has 0 saturated heterocycles. The topological polar surface area (TPSA) is 73.3 Å². The van der Waals surface area contributed by atoms with Gasteiger partial charge in [-0.1, -0.05) is 0 Å². The molecular weight excluding hydrogens is 258 g/mol. The molecule has 1 unspecified atom stereocenters. The second-order valence-electron chi connectivity index (χ2n) is 4.60. The molecule has 1 aromatic rings. The van der Waals surface area contributed by atoms with Gasteiger partial charge in [-0.15, -0.1) is 0 Å². The molecule has 1 rings (SSSR count). The van der Waals surface area contributed by atoms with Crippen molar-refractivity contribution >= 4 is 17.5 Å². The Morgan fingerprint density at radius 1 is 1.35 bits per heavy atom. The van der Waals surface area contributed by atoms with E-state index in [1.807, 2.05) is 0 Å². The third kappa shape index (κ3) is 4.57. The van der Waals surface area contributed by atoms with E-state index in [1.165, 1.54) is 13.1 Å². The number of aryl methyl sites for hydroxylation is 1. The average Bonchev–Trinajstić information content (AvgIpc) is 2.38. The molecule has 0 aromatic carbocycles. The van der Waals surface area contributed by atoms with Crippen LogP contribution in [-0.2, 0) is 14.3 Å². The van der Waals surface area contributed by atoms with Crippen molar-refractivity contribution in [1.82, 2.24) is 4.98 Å². The normalized spacial score (nSPS) is 11.8. The zero-order chi connectivity index (χ0) is 15.1. The Hall–Kier alpha value is -2.04. The molecule has 0 saturated carbocycles. The maximum Gasteiger partial charge on any atom is 0.316 e. The molecule has 108 valence electrons. The van der Waals surface area contributed by atoms with Crippen molar-refractivity contribution in [1.29, 1.82) is 0 Å². The molecule has 0 fully saturated rings. The Labute approximate surface area is 118 Å². The van der Waals surface area contributed by atoms with Crippen molar-refractivity contribution < 1.29 is 19.1 Å². The smallest absolute Gasteiger partial charge is 0.316 e. The lowest BCUT2D eigenvalue weighted by molar-refractivity contribution is -0.146. The highest BCUT2D eigenvalue weighted by molar-refractivity contribution is 6.08. The van der Waals surface area contributed by atoms with Gasteiger partial charge in [-0.25, -0.2) is 0 Å². The van der Waals surface area contributed by atoms with Crippen LogP contribution < -0.4 is 0 Å². The fourth-order valence-electron chi connectivity index (χ4n) is 1.85. The molecule has 5 nitrogen and oxygen atoms in total. The highest BCUT2D eigenvalue weighted by Crippen LogP contribution is 2.17. The van der Waals surface area contributed by atoms with Gasteiger partial charge in [0.2, 0.25) is 0 Å². The van der Waals surface area contributed by atoms with E-state index in [2.05, 4.69) is 4.98 Å². The molecule has 1 aromatic heterocycles. The van der Waals surface area contributed by atoms with Crippen LogP contribution in [0.15, 0.2) is 18.3 Å². The lowest BCUT2D eigenvalue weighted by atomic mass is 9.92. The summed E-state index contributed by atoms with van der Waals surface area (Å²) in [6, 6.07) is 3.19. The third-order valence-electron chi connectivity index (χ3n) is 2.85. The number of pyridine rings is 1. The van der Waals surface area contributed by atoms with E-state index in [-0.39, 0.29) is 31.0 Å². The van der Waals surface area contributed by atoms with E-state index in [0.29, 0.717) is 11.3 Å². The van der Waals surface area contributed by atoms with E-state index < -0.39 is 11.9 Å². The first kappa shape index (κ1) is 16.0. The number of carbonyl (C=O) groups is 3. The highest BCUT2D eigenvalue weighted by atomic mass is 16.5. The van der Waals surface area contributed by atoms with Gasteiger partial charge >= 0.3 is 5.97 Å². The van der Waals surface area contributed by atoms with E-state index in [1.54, 1.807) is 26.0 Å². The average molecular weight is 277 g/mol. The maximum absolute atomic E-state index is 12.4. The summed E-state index contributed by atoms with van der Waals surface area (Å²) in [6.07, 6.45) is 1.88. The number of hydrogen-bond donors (Lipinski definition) is 0. The minimum atomic E-state index is -0.930. The van der Waals surface area contributed by atoms with Gasteiger partial charge < -0.3 is 9.53 Å². The van der Waals surface area contributed by atoms with Crippen LogP contribution in [0.2, 0.25) is 0 Å². The number of ether oxygens (including phenoxy) is 1. The number of carbonyl (C=O) groups excluding carboxylic acids is 3. The zero-order valence-corrected chi connectivity index (χ0v) is 12.0. The summed E-state index contributed by atoms with van der Waals surface area (Å²) in [7, 11) is 0. The summed E-state index contributed by atoms with van der Waals surface area (Å²) in [5.74, 6) is -1.89. The van der Waals surface area contributed by atoms with Crippen LogP contribution in [-0.4, -0.2) is 29.1 Å². The minimum Gasteiger partial charge on any atom is -0.465 e. The maximum atomic E-state index is 12.4. The fraction of sp³-hybridized carbons (Fsp3) is 0.467. The summed E-state index contributed by atoms with van der Waals surface area (Å²) >= 11 is 0. The Bertz CT molecular complexity index is 510. The molecule has 0 N–H and O–H groups in total. The van der Waals surface area contributed by atoms with E-state index in [9.17, 15) is 14.4 Å². The molecule has 0 aliphatic rings. The quantitative estimate of drug-likeness (QED) is 0.433. The van der Waals surface area contributed by atoms with Gasteiger partial charge in [0.25, 0.3) is 0 Å². The number of esters is 1. The highest BCUT2D eigenvalue weighted by Gasteiger charge is 2.29. The van der Waals surface area contributed by atoms with Crippen molar-refractivity contribution in [2.75, 3.05) is 6.61 Å². The number of ketones is 2. The van der Waals surface area contributed by atoms with Gasteiger partial charge in [0.05, 0.1) is 6.61 Å². The third-order valence-corrected chi connectivity index (χ3v) is 2.85. The molecule has 5 heteroatoms. The number of aromatic nitrogens is 1. The largest absolute Gasteiger partial charge is 0.465 e. The summed E-state index contributed by atoms with van der Waals surface area (Å²) in [5.41, 5.74) is 1.11. The van der Waals surface area contributed by atoms with Crippen LogP contribution in [0.4, 0.5) is 0 Å². The lowest BCUT2D eigenvalue weighted by Gasteiger charge is -2.14. The zero-order valence-electron chi connectivity index (χ0n) is 12.0. The minimum absolute atomic E-state index is 0.0574. The van der Waals surface area contributed by atoms with Crippen LogP contribution in [0.1, 0.15) is 42.7 Å². The molecule has 0 aliphatic carbocycles. The van der Waals surface area contributed by atoms with E-state index in [4.69, 9.17) is 4.74 Å². The van der Waals surface area contributed by atoms with Crippen LogP contribution in [0.3, 0.4) is 0 Å². The molecule has 0 spiro atoms. The second kappa shape index (κ2) is 7.53. The number of nitrogens with zero attached hydrogens (tertiary/aromatic N) is 1. The Kier molecular flexibility index (Phi) is 6.03. The van der Waals surface area contributed by atoms with Gasteiger partial charge in [-0.05, 0) is 39.3 Å². The molecule has 1 atom stereocenters. The Balaban J connectivity index is 2.93. The van der Waals surface area contributed by atoms with Crippen LogP contribution in [0.25, 0.3) is 0 Å². The Morgan fingerprint density at radius 3 is 2.60 bits per heavy atom. The van der Waals surface area contributed by atoms with Gasteiger partial charge in [0.1, 0.15) is 11.7 Å².